The average molecular weight is 366 g/mol. The van der Waals surface area contributed by atoms with Crippen molar-refractivity contribution >= 4 is 22.6 Å². The first-order valence-electron chi connectivity index (χ1n) is 8.55. The maximum atomic E-state index is 13.5. The van der Waals surface area contributed by atoms with E-state index in [2.05, 4.69) is 10.6 Å². The van der Waals surface area contributed by atoms with Crippen LogP contribution in [0.4, 0.5) is 4.39 Å². The molecule has 0 saturated carbocycles. The number of halogens is 1. The minimum Gasteiger partial charge on any atom is -0.491 e. The Kier molecular flexibility index (Phi) is 5.99. The van der Waals surface area contributed by atoms with Gasteiger partial charge in [0.05, 0.1) is 18.7 Å². The van der Waals surface area contributed by atoms with Crippen molar-refractivity contribution in [3.05, 3.63) is 78.1 Å². The first-order chi connectivity index (χ1) is 13.1. The standard InChI is InChI=1S/C21H19FN2O3/c22-18-10-4-3-9-17(18)21(26)24-14-20(25)23-12-13-27-19-11-5-7-15-6-1-2-8-16(15)19/h1-11H,12-14H2,(H,23,25)(H,24,26). The lowest BCUT2D eigenvalue weighted by Crippen LogP contribution is -2.38. The lowest BCUT2D eigenvalue weighted by molar-refractivity contribution is -0.120. The summed E-state index contributed by atoms with van der Waals surface area (Å²) in [5, 5.41) is 7.12. The second-order valence-corrected chi connectivity index (χ2v) is 5.84. The molecule has 0 heterocycles. The lowest BCUT2D eigenvalue weighted by atomic mass is 10.1. The number of ether oxygens (including phenoxy) is 1. The van der Waals surface area contributed by atoms with E-state index in [0.717, 1.165) is 16.5 Å². The van der Waals surface area contributed by atoms with Gasteiger partial charge in [0.2, 0.25) is 5.91 Å². The largest absolute Gasteiger partial charge is 0.491 e. The minimum atomic E-state index is -0.629. The van der Waals surface area contributed by atoms with Crippen molar-refractivity contribution in [2.75, 3.05) is 19.7 Å². The van der Waals surface area contributed by atoms with Gasteiger partial charge in [-0.3, -0.25) is 9.59 Å². The molecular weight excluding hydrogens is 347 g/mol. The summed E-state index contributed by atoms with van der Waals surface area (Å²) in [6, 6.07) is 19.3. The van der Waals surface area contributed by atoms with Crippen LogP contribution in [0.1, 0.15) is 10.4 Å². The van der Waals surface area contributed by atoms with Gasteiger partial charge in [-0.2, -0.15) is 0 Å². The van der Waals surface area contributed by atoms with Gasteiger partial charge in [-0.15, -0.1) is 0 Å². The summed E-state index contributed by atoms with van der Waals surface area (Å²) < 4.78 is 19.2. The van der Waals surface area contributed by atoms with Gasteiger partial charge in [-0.1, -0.05) is 48.5 Å². The van der Waals surface area contributed by atoms with Gasteiger partial charge < -0.3 is 15.4 Å². The van der Waals surface area contributed by atoms with Gasteiger partial charge in [-0.25, -0.2) is 4.39 Å². The third-order valence-corrected chi connectivity index (χ3v) is 3.96. The van der Waals surface area contributed by atoms with Crippen molar-refractivity contribution in [2.24, 2.45) is 0 Å². The Morgan fingerprint density at radius 2 is 1.63 bits per heavy atom. The van der Waals surface area contributed by atoms with E-state index in [0.29, 0.717) is 6.61 Å². The van der Waals surface area contributed by atoms with Crippen LogP contribution in [0.5, 0.6) is 5.75 Å². The maximum Gasteiger partial charge on any atom is 0.254 e. The van der Waals surface area contributed by atoms with Crippen LogP contribution >= 0.6 is 0 Å². The fourth-order valence-corrected chi connectivity index (χ4v) is 2.64. The van der Waals surface area contributed by atoms with E-state index in [1.165, 1.54) is 18.2 Å². The topological polar surface area (TPSA) is 67.4 Å². The molecule has 0 bridgehead atoms. The molecule has 5 nitrogen and oxygen atoms in total. The van der Waals surface area contributed by atoms with Crippen LogP contribution in [0.25, 0.3) is 10.8 Å². The summed E-state index contributed by atoms with van der Waals surface area (Å²) >= 11 is 0. The van der Waals surface area contributed by atoms with Crippen molar-refractivity contribution in [3.63, 3.8) is 0 Å². The Morgan fingerprint density at radius 3 is 2.48 bits per heavy atom. The monoisotopic (exact) mass is 366 g/mol. The molecule has 3 rings (SSSR count). The third kappa shape index (κ3) is 4.82. The van der Waals surface area contributed by atoms with Crippen molar-refractivity contribution < 1.29 is 18.7 Å². The number of amides is 2. The molecule has 0 spiro atoms. The first kappa shape index (κ1) is 18.4. The number of carbonyl (C=O) groups is 2. The molecule has 2 N–H and O–H groups in total. The summed E-state index contributed by atoms with van der Waals surface area (Å²) in [6.07, 6.45) is 0. The molecule has 6 heteroatoms. The number of nitrogens with one attached hydrogen (secondary N) is 2. The van der Waals surface area contributed by atoms with E-state index < -0.39 is 11.7 Å². The van der Waals surface area contributed by atoms with E-state index in [9.17, 15) is 14.0 Å². The van der Waals surface area contributed by atoms with Gasteiger partial charge in [0.25, 0.3) is 5.91 Å². The average Bonchev–Trinajstić information content (AvgIpc) is 2.70. The van der Waals surface area contributed by atoms with Crippen LogP contribution in [-0.4, -0.2) is 31.5 Å². The highest BCUT2D eigenvalue weighted by Crippen LogP contribution is 2.24. The van der Waals surface area contributed by atoms with Crippen LogP contribution in [-0.2, 0) is 4.79 Å². The minimum absolute atomic E-state index is 0.0930. The number of fused-ring (bicyclic) bond motifs is 1. The zero-order valence-corrected chi connectivity index (χ0v) is 14.6. The van der Waals surface area contributed by atoms with E-state index in [4.69, 9.17) is 4.74 Å². The SMILES string of the molecule is O=C(CNC(=O)c1ccccc1F)NCCOc1cccc2ccccc12. The second-order valence-electron chi connectivity index (χ2n) is 5.84. The van der Waals surface area contributed by atoms with Gasteiger partial charge >= 0.3 is 0 Å². The molecule has 3 aromatic rings. The summed E-state index contributed by atoms with van der Waals surface area (Å²) in [6.45, 7) is 0.347. The maximum absolute atomic E-state index is 13.5. The second kappa shape index (κ2) is 8.80. The van der Waals surface area contributed by atoms with Crippen molar-refractivity contribution in [1.82, 2.24) is 10.6 Å². The summed E-state index contributed by atoms with van der Waals surface area (Å²) in [7, 11) is 0. The molecule has 0 aliphatic heterocycles. The fraction of sp³-hybridized carbons (Fsp3) is 0.143. The van der Waals surface area contributed by atoms with Crippen molar-refractivity contribution in [3.8, 4) is 5.75 Å². The molecule has 0 radical (unpaired) electrons. The van der Waals surface area contributed by atoms with Gasteiger partial charge in [-0.05, 0) is 23.6 Å². The quantitative estimate of drug-likeness (QED) is 0.632. The van der Waals surface area contributed by atoms with Crippen molar-refractivity contribution in [1.29, 1.82) is 0 Å². The van der Waals surface area contributed by atoms with Gasteiger partial charge in [0.1, 0.15) is 18.2 Å². The third-order valence-electron chi connectivity index (χ3n) is 3.96. The van der Waals surface area contributed by atoms with Crippen LogP contribution in [0.15, 0.2) is 66.7 Å². The van der Waals surface area contributed by atoms with E-state index in [1.807, 2.05) is 42.5 Å². The van der Waals surface area contributed by atoms with Crippen LogP contribution in [0.2, 0.25) is 0 Å². The molecule has 27 heavy (non-hydrogen) atoms. The molecule has 3 aromatic carbocycles. The fourth-order valence-electron chi connectivity index (χ4n) is 2.64. The highest BCUT2D eigenvalue weighted by atomic mass is 19.1. The van der Waals surface area contributed by atoms with Gasteiger partial charge in [0, 0.05) is 5.39 Å². The summed E-state index contributed by atoms with van der Waals surface area (Å²) in [5.74, 6) is -0.884. The van der Waals surface area contributed by atoms with E-state index >= 15 is 0 Å². The molecule has 0 atom stereocenters. The number of rotatable bonds is 7. The Bertz CT molecular complexity index is 954. The molecule has 0 fully saturated rings. The van der Waals surface area contributed by atoms with Gasteiger partial charge in [0.15, 0.2) is 0 Å². The lowest BCUT2D eigenvalue weighted by Gasteiger charge is -2.10. The Labute approximate surface area is 156 Å². The highest BCUT2D eigenvalue weighted by molar-refractivity contribution is 5.96. The molecule has 2 amide bonds. The van der Waals surface area contributed by atoms with Crippen LogP contribution in [0, 0.1) is 5.82 Å². The van der Waals surface area contributed by atoms with E-state index in [1.54, 1.807) is 6.07 Å². The first-order valence-corrected chi connectivity index (χ1v) is 8.55. The summed E-state index contributed by atoms with van der Waals surface area (Å²) in [4.78, 5) is 23.7. The number of hydrogen-bond acceptors (Lipinski definition) is 3. The smallest absolute Gasteiger partial charge is 0.254 e. The number of hydrogen-bond donors (Lipinski definition) is 2. The Morgan fingerprint density at radius 1 is 0.889 bits per heavy atom. The molecule has 0 aromatic heterocycles. The number of benzene rings is 3. The molecular formula is C21H19FN2O3. The molecule has 0 saturated heterocycles. The molecule has 138 valence electrons. The Hall–Kier alpha value is -3.41. The summed E-state index contributed by atoms with van der Waals surface area (Å²) in [5.41, 5.74) is -0.0930. The normalized spacial score (nSPS) is 10.4. The van der Waals surface area contributed by atoms with E-state index in [-0.39, 0.29) is 24.6 Å². The van der Waals surface area contributed by atoms with Crippen molar-refractivity contribution in [2.45, 2.75) is 0 Å². The molecule has 0 aliphatic rings. The highest BCUT2D eigenvalue weighted by Gasteiger charge is 2.11. The molecule has 0 aliphatic carbocycles. The zero-order chi connectivity index (χ0) is 19.1. The predicted molar refractivity (Wildman–Crippen MR) is 101 cm³/mol. The predicted octanol–water partition coefficient (Wildman–Crippen LogP) is 2.90. The van der Waals surface area contributed by atoms with Crippen LogP contribution in [0.3, 0.4) is 0 Å². The number of carbonyl (C=O) groups excluding carboxylic acids is 2. The van der Waals surface area contributed by atoms with Crippen LogP contribution < -0.4 is 15.4 Å². The molecule has 0 unspecified atom stereocenters. The Balaban J connectivity index is 1.42. The zero-order valence-electron chi connectivity index (χ0n) is 14.6.